The average molecular weight is 367 g/mol. The maximum Gasteiger partial charge on any atom is 0.319 e. The van der Waals surface area contributed by atoms with Crippen LogP contribution < -0.4 is 15.4 Å². The number of halogens is 1. The van der Waals surface area contributed by atoms with Crippen LogP contribution in [0.5, 0.6) is 5.75 Å². The molecule has 0 unspecified atom stereocenters. The van der Waals surface area contributed by atoms with Gasteiger partial charge in [-0.1, -0.05) is 54.1 Å². The Hall–Kier alpha value is -2.98. The van der Waals surface area contributed by atoms with Crippen molar-refractivity contribution in [3.05, 3.63) is 95.0 Å². The fourth-order valence-corrected chi connectivity index (χ4v) is 2.46. The first-order chi connectivity index (χ1) is 12.7. The van der Waals surface area contributed by atoms with Gasteiger partial charge in [0.25, 0.3) is 0 Å². The largest absolute Gasteiger partial charge is 0.489 e. The standard InChI is InChI=1S/C21H19ClN2O2/c22-18-8-6-17(7-9-18)15-26-20-12-10-19(11-13-20)24-21(25)23-14-16-4-2-1-3-5-16/h1-13H,14-15H2,(H2,23,24,25). The number of carbonyl (C=O) groups is 1. The van der Waals surface area contributed by atoms with E-state index < -0.39 is 0 Å². The Balaban J connectivity index is 1.46. The smallest absolute Gasteiger partial charge is 0.319 e. The summed E-state index contributed by atoms with van der Waals surface area (Å²) in [6.45, 7) is 0.941. The van der Waals surface area contributed by atoms with Gasteiger partial charge in [0.15, 0.2) is 0 Å². The van der Waals surface area contributed by atoms with Crippen molar-refractivity contribution in [2.45, 2.75) is 13.2 Å². The Morgan fingerprint density at radius 2 is 1.54 bits per heavy atom. The summed E-state index contributed by atoms with van der Waals surface area (Å²) in [6.07, 6.45) is 0. The molecule has 0 heterocycles. The van der Waals surface area contributed by atoms with Gasteiger partial charge in [0.2, 0.25) is 0 Å². The van der Waals surface area contributed by atoms with E-state index in [9.17, 15) is 4.79 Å². The Morgan fingerprint density at radius 1 is 0.846 bits per heavy atom. The van der Waals surface area contributed by atoms with Crippen LogP contribution in [0, 0.1) is 0 Å². The minimum atomic E-state index is -0.247. The molecule has 132 valence electrons. The van der Waals surface area contributed by atoms with E-state index >= 15 is 0 Å². The van der Waals surface area contributed by atoms with Gasteiger partial charge >= 0.3 is 6.03 Å². The number of benzene rings is 3. The highest BCUT2D eigenvalue weighted by Gasteiger charge is 2.02. The molecule has 5 heteroatoms. The van der Waals surface area contributed by atoms with Gasteiger partial charge in [-0.2, -0.15) is 0 Å². The highest BCUT2D eigenvalue weighted by molar-refractivity contribution is 6.30. The van der Waals surface area contributed by atoms with Crippen LogP contribution in [0.15, 0.2) is 78.9 Å². The molecule has 0 saturated carbocycles. The minimum absolute atomic E-state index is 0.247. The second-order valence-electron chi connectivity index (χ2n) is 5.73. The molecule has 3 rings (SSSR count). The summed E-state index contributed by atoms with van der Waals surface area (Å²) >= 11 is 5.86. The number of ether oxygens (including phenoxy) is 1. The van der Waals surface area contributed by atoms with Crippen molar-refractivity contribution in [2.24, 2.45) is 0 Å². The number of carbonyl (C=O) groups excluding carboxylic acids is 1. The molecule has 2 N–H and O–H groups in total. The summed E-state index contributed by atoms with van der Waals surface area (Å²) in [5, 5.41) is 6.32. The van der Waals surface area contributed by atoms with E-state index in [2.05, 4.69) is 10.6 Å². The van der Waals surface area contributed by atoms with Crippen molar-refractivity contribution < 1.29 is 9.53 Å². The molecule has 0 fully saturated rings. The van der Waals surface area contributed by atoms with Gasteiger partial charge in [0, 0.05) is 17.3 Å². The topological polar surface area (TPSA) is 50.4 Å². The van der Waals surface area contributed by atoms with Gasteiger partial charge in [-0.15, -0.1) is 0 Å². The number of nitrogens with one attached hydrogen (secondary N) is 2. The van der Waals surface area contributed by atoms with Crippen molar-refractivity contribution in [1.82, 2.24) is 5.32 Å². The number of hydrogen-bond donors (Lipinski definition) is 2. The summed E-state index contributed by atoms with van der Waals surface area (Å²) in [5.74, 6) is 0.732. The molecule has 3 aromatic carbocycles. The molecule has 26 heavy (non-hydrogen) atoms. The normalized spacial score (nSPS) is 10.2. The minimum Gasteiger partial charge on any atom is -0.489 e. The van der Waals surface area contributed by atoms with E-state index in [4.69, 9.17) is 16.3 Å². The lowest BCUT2D eigenvalue weighted by Crippen LogP contribution is -2.28. The third-order valence-corrected chi connectivity index (χ3v) is 3.98. The lowest BCUT2D eigenvalue weighted by molar-refractivity contribution is 0.251. The maximum absolute atomic E-state index is 11.9. The summed E-state index contributed by atoms with van der Waals surface area (Å²) in [6, 6.07) is 24.3. The van der Waals surface area contributed by atoms with E-state index in [0.717, 1.165) is 16.9 Å². The zero-order valence-corrected chi connectivity index (χ0v) is 14.9. The predicted molar refractivity (Wildman–Crippen MR) is 105 cm³/mol. The van der Waals surface area contributed by atoms with Crippen LogP contribution in [0.25, 0.3) is 0 Å². The number of amides is 2. The lowest BCUT2D eigenvalue weighted by atomic mass is 10.2. The molecule has 3 aromatic rings. The number of anilines is 1. The Labute approximate surface area is 157 Å². The fraction of sp³-hybridized carbons (Fsp3) is 0.0952. The first-order valence-corrected chi connectivity index (χ1v) is 8.63. The van der Waals surface area contributed by atoms with Gasteiger partial charge in [-0.25, -0.2) is 4.79 Å². The molecule has 0 aromatic heterocycles. The molecule has 0 atom stereocenters. The van der Waals surface area contributed by atoms with Gasteiger partial charge in [0.05, 0.1) is 0 Å². The second kappa shape index (κ2) is 8.92. The van der Waals surface area contributed by atoms with E-state index in [-0.39, 0.29) is 6.03 Å². The maximum atomic E-state index is 11.9. The van der Waals surface area contributed by atoms with Crippen molar-refractivity contribution in [1.29, 1.82) is 0 Å². The van der Waals surface area contributed by atoms with E-state index in [1.165, 1.54) is 0 Å². The molecule has 0 aliphatic rings. The van der Waals surface area contributed by atoms with Crippen LogP contribution in [0.4, 0.5) is 10.5 Å². The molecular formula is C21H19ClN2O2. The Bertz CT molecular complexity index is 834. The fourth-order valence-electron chi connectivity index (χ4n) is 2.34. The molecule has 0 aliphatic carbocycles. The van der Waals surface area contributed by atoms with Crippen LogP contribution in [-0.4, -0.2) is 6.03 Å². The number of hydrogen-bond acceptors (Lipinski definition) is 2. The van der Waals surface area contributed by atoms with Crippen molar-refractivity contribution in [2.75, 3.05) is 5.32 Å². The van der Waals surface area contributed by atoms with E-state index in [0.29, 0.717) is 23.9 Å². The molecule has 0 spiro atoms. The second-order valence-corrected chi connectivity index (χ2v) is 6.17. The number of rotatable bonds is 6. The monoisotopic (exact) mass is 366 g/mol. The summed E-state index contributed by atoms with van der Waals surface area (Å²) in [5.41, 5.74) is 2.79. The SMILES string of the molecule is O=C(NCc1ccccc1)Nc1ccc(OCc2ccc(Cl)cc2)cc1. The first-order valence-electron chi connectivity index (χ1n) is 8.25. The Kier molecular flexibility index (Phi) is 6.12. The predicted octanol–water partition coefficient (Wildman–Crippen LogP) is 5.24. The quantitative estimate of drug-likeness (QED) is 0.626. The first kappa shape index (κ1) is 17.8. The third-order valence-electron chi connectivity index (χ3n) is 3.73. The summed E-state index contributed by atoms with van der Waals surface area (Å²) < 4.78 is 5.73. The zero-order chi connectivity index (χ0) is 18.2. The van der Waals surface area contributed by atoms with Crippen LogP contribution in [0.2, 0.25) is 5.02 Å². The third kappa shape index (κ3) is 5.53. The average Bonchev–Trinajstić information content (AvgIpc) is 2.68. The highest BCUT2D eigenvalue weighted by Crippen LogP contribution is 2.18. The van der Waals surface area contributed by atoms with Crippen molar-refractivity contribution in [3.8, 4) is 5.75 Å². The van der Waals surface area contributed by atoms with E-state index in [1.807, 2.05) is 66.7 Å². The number of urea groups is 1. The van der Waals surface area contributed by atoms with Gasteiger partial charge in [-0.3, -0.25) is 0 Å². The molecule has 4 nitrogen and oxygen atoms in total. The summed E-state index contributed by atoms with van der Waals surface area (Å²) in [4.78, 5) is 11.9. The van der Waals surface area contributed by atoms with Gasteiger partial charge in [-0.05, 0) is 47.5 Å². The molecule has 0 saturated heterocycles. The zero-order valence-electron chi connectivity index (χ0n) is 14.1. The highest BCUT2D eigenvalue weighted by atomic mass is 35.5. The molecule has 0 bridgehead atoms. The van der Waals surface area contributed by atoms with Crippen molar-refractivity contribution in [3.63, 3.8) is 0 Å². The van der Waals surface area contributed by atoms with Crippen LogP contribution in [-0.2, 0) is 13.2 Å². The van der Waals surface area contributed by atoms with Crippen LogP contribution in [0.1, 0.15) is 11.1 Å². The Morgan fingerprint density at radius 3 is 2.23 bits per heavy atom. The molecule has 2 amide bonds. The summed E-state index contributed by atoms with van der Waals surface area (Å²) in [7, 11) is 0. The van der Waals surface area contributed by atoms with Crippen molar-refractivity contribution >= 4 is 23.3 Å². The van der Waals surface area contributed by atoms with Gasteiger partial charge in [0.1, 0.15) is 12.4 Å². The molecule has 0 radical (unpaired) electrons. The van der Waals surface area contributed by atoms with Crippen LogP contribution in [0.3, 0.4) is 0 Å². The van der Waals surface area contributed by atoms with Crippen LogP contribution >= 0.6 is 11.6 Å². The van der Waals surface area contributed by atoms with Gasteiger partial charge < -0.3 is 15.4 Å². The lowest BCUT2D eigenvalue weighted by Gasteiger charge is -2.10. The molecular weight excluding hydrogens is 348 g/mol. The van der Waals surface area contributed by atoms with E-state index in [1.54, 1.807) is 12.1 Å². The molecule has 0 aliphatic heterocycles.